The van der Waals surface area contributed by atoms with Crippen LogP contribution in [0.1, 0.15) is 59.3 Å². The minimum Gasteiger partial charge on any atom is -0.310 e. The van der Waals surface area contributed by atoms with E-state index in [9.17, 15) is 0 Å². The Morgan fingerprint density at radius 2 is 2.14 bits per heavy atom. The van der Waals surface area contributed by atoms with Crippen LogP contribution in [0.25, 0.3) is 0 Å². The van der Waals surface area contributed by atoms with Gasteiger partial charge in [0.05, 0.1) is 5.69 Å². The second kappa shape index (κ2) is 6.29. The fourth-order valence-electron chi connectivity index (χ4n) is 3.07. The number of aryl methyl sites for hydroxylation is 2. The molecule has 0 saturated carbocycles. The Labute approximate surface area is 131 Å². The van der Waals surface area contributed by atoms with E-state index < -0.39 is 0 Å². The Morgan fingerprint density at radius 1 is 1.33 bits per heavy atom. The summed E-state index contributed by atoms with van der Waals surface area (Å²) in [5, 5.41) is 4.81. The molecular formula is C18H24N2S. The van der Waals surface area contributed by atoms with Crippen molar-refractivity contribution in [1.29, 1.82) is 0 Å². The van der Waals surface area contributed by atoms with Crippen molar-refractivity contribution in [3.63, 3.8) is 0 Å². The summed E-state index contributed by atoms with van der Waals surface area (Å²) in [5.41, 5.74) is 4.22. The highest BCUT2D eigenvalue weighted by molar-refractivity contribution is 7.11. The Bertz CT molecular complexity index is 615. The molecule has 0 amide bonds. The van der Waals surface area contributed by atoms with Crippen LogP contribution in [0.4, 0.5) is 0 Å². The third-order valence-electron chi connectivity index (χ3n) is 4.25. The van der Waals surface area contributed by atoms with Gasteiger partial charge in [-0.25, -0.2) is 4.98 Å². The summed E-state index contributed by atoms with van der Waals surface area (Å²) in [4.78, 5) is 6.28. The predicted octanol–water partition coefficient (Wildman–Crippen LogP) is 4.42. The van der Waals surface area contributed by atoms with E-state index in [0.29, 0.717) is 12.0 Å². The summed E-state index contributed by atoms with van der Waals surface area (Å²) in [6, 6.07) is 9.42. The number of hydrogen-bond donors (Lipinski definition) is 1. The van der Waals surface area contributed by atoms with Crippen LogP contribution in [0, 0.1) is 6.92 Å². The van der Waals surface area contributed by atoms with Gasteiger partial charge in [0.2, 0.25) is 0 Å². The summed E-state index contributed by atoms with van der Waals surface area (Å²) in [5.74, 6) is 0.506. The van der Waals surface area contributed by atoms with E-state index in [4.69, 9.17) is 4.98 Å². The SMILES string of the molecule is Cc1nc(C2CCCc3ccccc32)sc1CNC(C)C. The van der Waals surface area contributed by atoms with Crippen molar-refractivity contribution in [1.82, 2.24) is 10.3 Å². The molecule has 0 aliphatic heterocycles. The minimum absolute atomic E-state index is 0.506. The molecule has 3 rings (SSSR count). The van der Waals surface area contributed by atoms with Crippen molar-refractivity contribution < 1.29 is 0 Å². The smallest absolute Gasteiger partial charge is 0.101 e. The number of hydrogen-bond acceptors (Lipinski definition) is 3. The third kappa shape index (κ3) is 3.19. The molecule has 0 radical (unpaired) electrons. The van der Waals surface area contributed by atoms with E-state index >= 15 is 0 Å². The zero-order valence-corrected chi connectivity index (χ0v) is 14.0. The van der Waals surface area contributed by atoms with Crippen LogP contribution in [0.3, 0.4) is 0 Å². The lowest BCUT2D eigenvalue weighted by molar-refractivity contribution is 0.591. The zero-order valence-electron chi connectivity index (χ0n) is 13.1. The monoisotopic (exact) mass is 300 g/mol. The fraction of sp³-hybridized carbons (Fsp3) is 0.500. The summed E-state index contributed by atoms with van der Waals surface area (Å²) < 4.78 is 0. The molecule has 1 aromatic carbocycles. The van der Waals surface area contributed by atoms with Gasteiger partial charge in [0.25, 0.3) is 0 Å². The van der Waals surface area contributed by atoms with E-state index in [2.05, 4.69) is 50.4 Å². The van der Waals surface area contributed by atoms with Crippen molar-refractivity contribution in [3.05, 3.63) is 51.0 Å². The Balaban J connectivity index is 1.87. The number of benzene rings is 1. The van der Waals surface area contributed by atoms with E-state index in [1.165, 1.54) is 46.0 Å². The lowest BCUT2D eigenvalue weighted by Crippen LogP contribution is -2.21. The van der Waals surface area contributed by atoms with Crippen LogP contribution < -0.4 is 5.32 Å². The molecule has 0 bridgehead atoms. The average molecular weight is 300 g/mol. The number of aromatic nitrogens is 1. The van der Waals surface area contributed by atoms with Gasteiger partial charge in [-0.2, -0.15) is 0 Å². The van der Waals surface area contributed by atoms with Gasteiger partial charge in [0.1, 0.15) is 5.01 Å². The van der Waals surface area contributed by atoms with Gasteiger partial charge in [0.15, 0.2) is 0 Å². The Kier molecular flexibility index (Phi) is 4.41. The van der Waals surface area contributed by atoms with E-state index in [1.54, 1.807) is 0 Å². The van der Waals surface area contributed by atoms with Gasteiger partial charge in [-0.3, -0.25) is 0 Å². The molecule has 1 N–H and O–H groups in total. The van der Waals surface area contributed by atoms with Gasteiger partial charge in [-0.15, -0.1) is 11.3 Å². The van der Waals surface area contributed by atoms with Crippen LogP contribution in [0.2, 0.25) is 0 Å². The maximum Gasteiger partial charge on any atom is 0.101 e. The second-order valence-electron chi connectivity index (χ2n) is 6.24. The highest BCUT2D eigenvalue weighted by atomic mass is 32.1. The van der Waals surface area contributed by atoms with E-state index in [1.807, 2.05) is 11.3 Å². The molecule has 2 nitrogen and oxygen atoms in total. The maximum absolute atomic E-state index is 4.89. The third-order valence-corrected chi connectivity index (χ3v) is 5.52. The topological polar surface area (TPSA) is 24.9 Å². The fourth-order valence-corrected chi connectivity index (χ4v) is 4.24. The summed E-state index contributed by atoms with van der Waals surface area (Å²) in [7, 11) is 0. The highest BCUT2D eigenvalue weighted by Gasteiger charge is 2.24. The first-order valence-corrected chi connectivity index (χ1v) is 8.74. The first-order valence-electron chi connectivity index (χ1n) is 7.92. The summed E-state index contributed by atoms with van der Waals surface area (Å²) in [6.07, 6.45) is 3.74. The number of nitrogens with one attached hydrogen (secondary N) is 1. The maximum atomic E-state index is 4.89. The van der Waals surface area contributed by atoms with Gasteiger partial charge in [0, 0.05) is 23.4 Å². The number of fused-ring (bicyclic) bond motifs is 1. The van der Waals surface area contributed by atoms with Crippen LogP contribution in [0.5, 0.6) is 0 Å². The van der Waals surface area contributed by atoms with Crippen molar-refractivity contribution >= 4 is 11.3 Å². The highest BCUT2D eigenvalue weighted by Crippen LogP contribution is 2.38. The van der Waals surface area contributed by atoms with Gasteiger partial charge < -0.3 is 5.32 Å². The summed E-state index contributed by atoms with van der Waals surface area (Å²) in [6.45, 7) is 7.46. The summed E-state index contributed by atoms with van der Waals surface area (Å²) >= 11 is 1.90. The molecule has 1 unspecified atom stereocenters. The Morgan fingerprint density at radius 3 is 2.95 bits per heavy atom. The molecule has 112 valence electrons. The normalized spacial score (nSPS) is 18.0. The van der Waals surface area contributed by atoms with Crippen LogP contribution in [-0.4, -0.2) is 11.0 Å². The Hall–Kier alpha value is -1.19. The second-order valence-corrected chi connectivity index (χ2v) is 7.36. The first kappa shape index (κ1) is 14.7. The lowest BCUT2D eigenvalue weighted by Gasteiger charge is -2.23. The van der Waals surface area contributed by atoms with Gasteiger partial charge in [-0.05, 0) is 37.3 Å². The molecule has 1 aliphatic rings. The van der Waals surface area contributed by atoms with Crippen molar-refractivity contribution in [2.75, 3.05) is 0 Å². The first-order chi connectivity index (χ1) is 10.1. The van der Waals surface area contributed by atoms with Crippen LogP contribution in [0.15, 0.2) is 24.3 Å². The molecule has 0 fully saturated rings. The molecule has 21 heavy (non-hydrogen) atoms. The molecule has 1 aromatic heterocycles. The van der Waals surface area contributed by atoms with Crippen LogP contribution >= 0.6 is 11.3 Å². The van der Waals surface area contributed by atoms with E-state index in [0.717, 1.165) is 6.54 Å². The molecular weight excluding hydrogens is 276 g/mol. The zero-order chi connectivity index (χ0) is 14.8. The quantitative estimate of drug-likeness (QED) is 0.904. The van der Waals surface area contributed by atoms with Crippen LogP contribution in [-0.2, 0) is 13.0 Å². The number of nitrogens with zero attached hydrogens (tertiary/aromatic N) is 1. The molecule has 1 atom stereocenters. The van der Waals surface area contributed by atoms with Crippen molar-refractivity contribution in [3.8, 4) is 0 Å². The van der Waals surface area contributed by atoms with Gasteiger partial charge in [-0.1, -0.05) is 38.1 Å². The standard InChI is InChI=1S/C18H24N2S/c1-12(2)19-11-17-13(3)20-18(21-17)16-10-6-8-14-7-4-5-9-15(14)16/h4-5,7,9,12,16,19H,6,8,10-11H2,1-3H3. The molecule has 2 aromatic rings. The van der Waals surface area contributed by atoms with Crippen molar-refractivity contribution in [2.45, 2.75) is 58.5 Å². The molecule has 0 spiro atoms. The molecule has 0 saturated heterocycles. The molecule has 3 heteroatoms. The van der Waals surface area contributed by atoms with Gasteiger partial charge >= 0.3 is 0 Å². The average Bonchev–Trinajstić information content (AvgIpc) is 2.85. The lowest BCUT2D eigenvalue weighted by atomic mass is 9.83. The minimum atomic E-state index is 0.506. The predicted molar refractivity (Wildman–Crippen MR) is 90.0 cm³/mol. The number of rotatable bonds is 4. The number of thiazole rings is 1. The largest absolute Gasteiger partial charge is 0.310 e. The molecule has 1 heterocycles. The van der Waals surface area contributed by atoms with Crippen molar-refractivity contribution in [2.24, 2.45) is 0 Å². The van der Waals surface area contributed by atoms with E-state index in [-0.39, 0.29) is 0 Å². The molecule has 1 aliphatic carbocycles.